The molecule has 18 heavy (non-hydrogen) atoms. The van der Waals surface area contributed by atoms with Crippen LogP contribution in [0.25, 0.3) is 0 Å². The molecule has 2 unspecified atom stereocenters. The van der Waals surface area contributed by atoms with E-state index < -0.39 is 0 Å². The third kappa shape index (κ3) is 3.22. The first kappa shape index (κ1) is 13.8. The van der Waals surface area contributed by atoms with Gasteiger partial charge in [0.1, 0.15) is 0 Å². The fourth-order valence-corrected chi connectivity index (χ4v) is 2.97. The highest BCUT2D eigenvalue weighted by molar-refractivity contribution is 5.78. The first-order chi connectivity index (χ1) is 8.60. The molecule has 3 atom stereocenters. The fraction of sp³-hybridized carbons (Fsp3) is 0.923. The van der Waals surface area contributed by atoms with E-state index in [1.54, 1.807) is 0 Å². The van der Waals surface area contributed by atoms with Crippen LogP contribution in [0.2, 0.25) is 0 Å². The Bertz CT molecular complexity index is 288. The van der Waals surface area contributed by atoms with Gasteiger partial charge >= 0.3 is 0 Å². The summed E-state index contributed by atoms with van der Waals surface area (Å²) in [5.41, 5.74) is 0. The number of aliphatic hydroxyl groups excluding tert-OH is 1. The van der Waals surface area contributed by atoms with Gasteiger partial charge in [0.25, 0.3) is 0 Å². The van der Waals surface area contributed by atoms with Gasteiger partial charge in [0.2, 0.25) is 5.91 Å². The van der Waals surface area contributed by atoms with Crippen molar-refractivity contribution in [1.82, 2.24) is 9.80 Å². The number of nitrogens with zero attached hydrogens (tertiary/aromatic N) is 2. The molecule has 0 aromatic carbocycles. The van der Waals surface area contributed by atoms with Crippen molar-refractivity contribution < 1.29 is 14.6 Å². The van der Waals surface area contributed by atoms with Crippen molar-refractivity contribution in [3.63, 3.8) is 0 Å². The lowest BCUT2D eigenvalue weighted by Crippen LogP contribution is -2.51. The van der Waals surface area contributed by atoms with Gasteiger partial charge in [0.05, 0.1) is 25.4 Å². The van der Waals surface area contributed by atoms with Crippen molar-refractivity contribution in [3.05, 3.63) is 0 Å². The molecule has 2 saturated heterocycles. The van der Waals surface area contributed by atoms with E-state index in [1.165, 1.54) is 0 Å². The second-order valence-electron chi connectivity index (χ2n) is 5.51. The van der Waals surface area contributed by atoms with E-state index in [1.807, 2.05) is 18.7 Å². The van der Waals surface area contributed by atoms with Crippen molar-refractivity contribution in [3.8, 4) is 0 Å². The summed E-state index contributed by atoms with van der Waals surface area (Å²) in [6.45, 7) is 6.88. The van der Waals surface area contributed by atoms with Crippen LogP contribution in [0.4, 0.5) is 0 Å². The number of carbonyl (C=O) groups excluding carboxylic acids is 1. The Kier molecular flexibility index (Phi) is 4.59. The standard InChI is InChI=1S/C13H24N2O3/c1-10-6-15(7-11(2)18-10)13(17)8-14-5-3-4-12(14)9-16/h10-12,16H,3-9H2,1-2H3/t10?,11?,12-/m1/s1. The second kappa shape index (κ2) is 5.99. The highest BCUT2D eigenvalue weighted by Gasteiger charge is 2.30. The summed E-state index contributed by atoms with van der Waals surface area (Å²) < 4.78 is 5.63. The zero-order valence-corrected chi connectivity index (χ0v) is 11.3. The number of ether oxygens (including phenoxy) is 1. The van der Waals surface area contributed by atoms with Gasteiger partial charge in [-0.25, -0.2) is 0 Å². The topological polar surface area (TPSA) is 53.0 Å². The molecule has 0 aliphatic carbocycles. The molecule has 5 heteroatoms. The Morgan fingerprint density at radius 3 is 2.61 bits per heavy atom. The summed E-state index contributed by atoms with van der Waals surface area (Å²) in [5, 5.41) is 9.26. The van der Waals surface area contributed by atoms with Crippen LogP contribution in [0.3, 0.4) is 0 Å². The first-order valence-electron chi connectivity index (χ1n) is 6.88. The predicted molar refractivity (Wildman–Crippen MR) is 68.3 cm³/mol. The monoisotopic (exact) mass is 256 g/mol. The number of hydrogen-bond donors (Lipinski definition) is 1. The van der Waals surface area contributed by atoms with E-state index in [2.05, 4.69) is 4.90 Å². The molecule has 0 bridgehead atoms. The van der Waals surface area contributed by atoms with Gasteiger partial charge in [-0.05, 0) is 33.2 Å². The van der Waals surface area contributed by atoms with Crippen LogP contribution < -0.4 is 0 Å². The lowest BCUT2D eigenvalue weighted by Gasteiger charge is -2.36. The molecule has 0 radical (unpaired) electrons. The van der Waals surface area contributed by atoms with Gasteiger partial charge in [-0.15, -0.1) is 0 Å². The summed E-state index contributed by atoms with van der Waals surface area (Å²) in [4.78, 5) is 16.3. The molecule has 1 amide bonds. The van der Waals surface area contributed by atoms with E-state index in [4.69, 9.17) is 4.74 Å². The number of hydrogen-bond acceptors (Lipinski definition) is 4. The number of likely N-dealkylation sites (tertiary alicyclic amines) is 1. The van der Waals surface area contributed by atoms with Crippen molar-refractivity contribution in [2.75, 3.05) is 32.8 Å². The summed E-state index contributed by atoms with van der Waals surface area (Å²) >= 11 is 0. The highest BCUT2D eigenvalue weighted by Crippen LogP contribution is 2.17. The van der Waals surface area contributed by atoms with Crippen LogP contribution in [0.15, 0.2) is 0 Å². The molecule has 2 heterocycles. The first-order valence-corrected chi connectivity index (χ1v) is 6.88. The van der Waals surface area contributed by atoms with Crippen molar-refractivity contribution >= 4 is 5.91 Å². The van der Waals surface area contributed by atoms with Crippen LogP contribution in [-0.4, -0.2) is 71.8 Å². The quantitative estimate of drug-likeness (QED) is 0.777. The van der Waals surface area contributed by atoms with Gasteiger partial charge in [-0.1, -0.05) is 0 Å². The molecular formula is C13H24N2O3. The lowest BCUT2D eigenvalue weighted by molar-refractivity contribution is -0.144. The number of carbonyl (C=O) groups is 1. The second-order valence-corrected chi connectivity index (χ2v) is 5.51. The number of rotatable bonds is 3. The Morgan fingerprint density at radius 2 is 2.00 bits per heavy atom. The van der Waals surface area contributed by atoms with Crippen LogP contribution in [0, 0.1) is 0 Å². The molecule has 2 aliphatic heterocycles. The Hall–Kier alpha value is -0.650. The van der Waals surface area contributed by atoms with Gasteiger partial charge in [-0.3, -0.25) is 9.69 Å². The summed E-state index contributed by atoms with van der Waals surface area (Å²) in [6.07, 6.45) is 2.31. The molecule has 2 fully saturated rings. The highest BCUT2D eigenvalue weighted by atomic mass is 16.5. The molecule has 5 nitrogen and oxygen atoms in total. The SMILES string of the molecule is CC1CN(C(=O)CN2CCC[C@@H]2CO)CC(C)O1. The average molecular weight is 256 g/mol. The summed E-state index contributed by atoms with van der Waals surface area (Å²) in [7, 11) is 0. The van der Waals surface area contributed by atoms with Crippen molar-refractivity contribution in [1.29, 1.82) is 0 Å². The Balaban J connectivity index is 1.87. The third-order valence-corrected chi connectivity index (χ3v) is 3.82. The largest absolute Gasteiger partial charge is 0.395 e. The molecule has 0 spiro atoms. The van der Waals surface area contributed by atoms with Crippen LogP contribution in [-0.2, 0) is 9.53 Å². The molecule has 0 aromatic heterocycles. The number of morpholine rings is 1. The van der Waals surface area contributed by atoms with Crippen molar-refractivity contribution in [2.24, 2.45) is 0 Å². The maximum Gasteiger partial charge on any atom is 0.236 e. The summed E-state index contributed by atoms with van der Waals surface area (Å²) in [5.74, 6) is 0.164. The molecule has 2 rings (SSSR count). The van der Waals surface area contributed by atoms with E-state index in [-0.39, 0.29) is 30.8 Å². The van der Waals surface area contributed by atoms with Crippen molar-refractivity contribution in [2.45, 2.75) is 44.9 Å². The molecule has 104 valence electrons. The number of aliphatic hydroxyl groups is 1. The molecular weight excluding hydrogens is 232 g/mol. The molecule has 0 aromatic rings. The summed E-state index contributed by atoms with van der Waals surface area (Å²) in [6, 6.07) is 0.171. The van der Waals surface area contributed by atoms with Gasteiger partial charge in [0.15, 0.2) is 0 Å². The van der Waals surface area contributed by atoms with Gasteiger partial charge < -0.3 is 14.7 Å². The minimum atomic E-state index is 0.116. The van der Waals surface area contributed by atoms with E-state index in [0.29, 0.717) is 19.6 Å². The minimum absolute atomic E-state index is 0.116. The lowest BCUT2D eigenvalue weighted by atomic mass is 10.2. The average Bonchev–Trinajstić information content (AvgIpc) is 2.75. The number of amides is 1. The van der Waals surface area contributed by atoms with Gasteiger partial charge in [-0.2, -0.15) is 0 Å². The zero-order chi connectivity index (χ0) is 13.1. The minimum Gasteiger partial charge on any atom is -0.395 e. The van der Waals surface area contributed by atoms with Crippen LogP contribution >= 0.6 is 0 Å². The maximum atomic E-state index is 12.3. The van der Waals surface area contributed by atoms with E-state index in [0.717, 1.165) is 19.4 Å². The Morgan fingerprint density at radius 1 is 1.33 bits per heavy atom. The fourth-order valence-electron chi connectivity index (χ4n) is 2.97. The molecule has 0 saturated carbocycles. The maximum absolute atomic E-state index is 12.3. The molecule has 2 aliphatic rings. The van der Waals surface area contributed by atoms with E-state index in [9.17, 15) is 9.90 Å². The van der Waals surface area contributed by atoms with Crippen LogP contribution in [0.1, 0.15) is 26.7 Å². The Labute approximate surface area is 109 Å². The van der Waals surface area contributed by atoms with Gasteiger partial charge in [0, 0.05) is 19.1 Å². The third-order valence-electron chi connectivity index (χ3n) is 3.82. The zero-order valence-electron chi connectivity index (χ0n) is 11.3. The smallest absolute Gasteiger partial charge is 0.236 e. The molecule has 1 N–H and O–H groups in total. The van der Waals surface area contributed by atoms with E-state index >= 15 is 0 Å². The predicted octanol–water partition coefficient (Wildman–Crippen LogP) is 0.0789. The van der Waals surface area contributed by atoms with Crippen LogP contribution in [0.5, 0.6) is 0 Å². The normalized spacial score (nSPS) is 33.9.